The van der Waals surface area contributed by atoms with E-state index in [9.17, 15) is 8.78 Å². The first-order valence-electron chi connectivity index (χ1n) is 6.49. The van der Waals surface area contributed by atoms with E-state index in [0.29, 0.717) is 12.0 Å². The van der Waals surface area contributed by atoms with Gasteiger partial charge in [-0.1, -0.05) is 24.3 Å². The van der Waals surface area contributed by atoms with Crippen molar-refractivity contribution in [3.8, 4) is 0 Å². The Hall–Kier alpha value is -1.78. The van der Waals surface area contributed by atoms with Crippen molar-refractivity contribution in [2.45, 2.75) is 26.3 Å². The molecule has 0 fully saturated rings. The lowest BCUT2D eigenvalue weighted by molar-refractivity contribution is 0.520. The number of hydrogen-bond acceptors (Lipinski definition) is 2. The molecule has 1 unspecified atom stereocenters. The topological polar surface area (TPSA) is 38.0 Å². The van der Waals surface area contributed by atoms with E-state index in [1.54, 1.807) is 0 Å². The van der Waals surface area contributed by atoms with Gasteiger partial charge >= 0.3 is 0 Å². The quantitative estimate of drug-likeness (QED) is 0.664. The third-order valence-electron chi connectivity index (χ3n) is 3.66. The summed E-state index contributed by atoms with van der Waals surface area (Å²) in [5.41, 5.74) is 6.46. The normalized spacial score (nSPS) is 12.4. The van der Waals surface area contributed by atoms with E-state index in [1.807, 2.05) is 32.0 Å². The zero-order valence-electron chi connectivity index (χ0n) is 11.6. The van der Waals surface area contributed by atoms with Crippen LogP contribution in [0.2, 0.25) is 0 Å². The number of hydrogen-bond donors (Lipinski definition) is 2. The van der Waals surface area contributed by atoms with Gasteiger partial charge in [0.2, 0.25) is 0 Å². The number of aryl methyl sites for hydroxylation is 1. The molecule has 0 bridgehead atoms. The van der Waals surface area contributed by atoms with Crippen LogP contribution in [0, 0.1) is 25.5 Å². The Morgan fingerprint density at radius 1 is 1.15 bits per heavy atom. The van der Waals surface area contributed by atoms with Gasteiger partial charge < -0.3 is 0 Å². The van der Waals surface area contributed by atoms with E-state index >= 15 is 0 Å². The van der Waals surface area contributed by atoms with Gasteiger partial charge in [0.05, 0.1) is 6.04 Å². The molecule has 0 aliphatic carbocycles. The van der Waals surface area contributed by atoms with Crippen LogP contribution in [0.25, 0.3) is 0 Å². The summed E-state index contributed by atoms with van der Waals surface area (Å²) in [6.45, 7) is 4.03. The molecule has 0 radical (unpaired) electrons. The van der Waals surface area contributed by atoms with E-state index in [-0.39, 0.29) is 6.04 Å². The molecule has 0 aliphatic rings. The van der Waals surface area contributed by atoms with Crippen LogP contribution in [0.4, 0.5) is 8.78 Å². The molecule has 0 heterocycles. The van der Waals surface area contributed by atoms with Crippen molar-refractivity contribution in [2.24, 2.45) is 5.84 Å². The Morgan fingerprint density at radius 3 is 2.55 bits per heavy atom. The van der Waals surface area contributed by atoms with Crippen molar-refractivity contribution >= 4 is 0 Å². The molecule has 0 saturated carbocycles. The maximum atomic E-state index is 13.7. The summed E-state index contributed by atoms with van der Waals surface area (Å²) in [5.74, 6) is 4.49. The molecule has 0 spiro atoms. The second-order valence-electron chi connectivity index (χ2n) is 4.95. The van der Waals surface area contributed by atoms with Crippen molar-refractivity contribution in [2.75, 3.05) is 0 Å². The number of benzene rings is 2. The first kappa shape index (κ1) is 14.6. The third-order valence-corrected chi connectivity index (χ3v) is 3.66. The minimum absolute atomic E-state index is 0.213. The SMILES string of the molecule is Cc1cccc(C(Cc2ccc(F)cc2F)NN)c1C. The van der Waals surface area contributed by atoms with Crippen molar-refractivity contribution in [1.29, 1.82) is 0 Å². The number of hydrazine groups is 1. The highest BCUT2D eigenvalue weighted by molar-refractivity contribution is 5.36. The lowest BCUT2D eigenvalue weighted by Gasteiger charge is -2.20. The summed E-state index contributed by atoms with van der Waals surface area (Å²) in [5, 5.41) is 0. The van der Waals surface area contributed by atoms with Crippen LogP contribution in [0.15, 0.2) is 36.4 Å². The van der Waals surface area contributed by atoms with E-state index in [4.69, 9.17) is 5.84 Å². The van der Waals surface area contributed by atoms with Crippen LogP contribution in [0.5, 0.6) is 0 Å². The fraction of sp³-hybridized carbons (Fsp3) is 0.250. The fourth-order valence-electron chi connectivity index (χ4n) is 2.32. The van der Waals surface area contributed by atoms with Gasteiger partial charge in [0, 0.05) is 6.07 Å². The van der Waals surface area contributed by atoms with Crippen LogP contribution in [0.1, 0.15) is 28.3 Å². The molecule has 20 heavy (non-hydrogen) atoms. The van der Waals surface area contributed by atoms with Crippen LogP contribution in [-0.2, 0) is 6.42 Å². The van der Waals surface area contributed by atoms with Crippen molar-refractivity contribution in [3.63, 3.8) is 0 Å². The number of nitrogens with two attached hydrogens (primary N) is 1. The van der Waals surface area contributed by atoms with Gasteiger partial charge in [0.15, 0.2) is 0 Å². The second kappa shape index (κ2) is 6.11. The first-order valence-corrected chi connectivity index (χ1v) is 6.49. The van der Waals surface area contributed by atoms with E-state index in [1.165, 1.54) is 12.1 Å². The molecular weight excluding hydrogens is 258 g/mol. The van der Waals surface area contributed by atoms with Crippen LogP contribution < -0.4 is 11.3 Å². The Balaban J connectivity index is 2.31. The van der Waals surface area contributed by atoms with Gasteiger partial charge in [-0.2, -0.15) is 0 Å². The minimum Gasteiger partial charge on any atom is -0.271 e. The number of rotatable bonds is 4. The Labute approximate surface area is 117 Å². The van der Waals surface area contributed by atoms with Crippen LogP contribution in [0.3, 0.4) is 0 Å². The fourth-order valence-corrected chi connectivity index (χ4v) is 2.32. The highest BCUT2D eigenvalue weighted by Gasteiger charge is 2.16. The molecule has 4 heteroatoms. The van der Waals surface area contributed by atoms with Crippen molar-refractivity contribution < 1.29 is 8.78 Å². The van der Waals surface area contributed by atoms with E-state index in [0.717, 1.165) is 22.8 Å². The molecule has 3 N–H and O–H groups in total. The zero-order chi connectivity index (χ0) is 14.7. The monoisotopic (exact) mass is 276 g/mol. The number of halogens is 2. The molecule has 0 saturated heterocycles. The third kappa shape index (κ3) is 3.03. The minimum atomic E-state index is -0.574. The second-order valence-corrected chi connectivity index (χ2v) is 4.95. The molecule has 0 aromatic heterocycles. The average Bonchev–Trinajstić information content (AvgIpc) is 2.42. The van der Waals surface area contributed by atoms with E-state index in [2.05, 4.69) is 5.43 Å². The van der Waals surface area contributed by atoms with Gasteiger partial charge in [-0.05, 0) is 48.6 Å². The molecule has 106 valence electrons. The maximum absolute atomic E-state index is 13.7. The standard InChI is InChI=1S/C16H18F2N2/c1-10-4-3-5-14(11(10)2)16(20-19)8-12-6-7-13(17)9-15(12)18/h3-7,9,16,20H,8,19H2,1-2H3. The van der Waals surface area contributed by atoms with Gasteiger partial charge in [-0.3, -0.25) is 11.3 Å². The predicted octanol–water partition coefficient (Wildman–Crippen LogP) is 3.33. The largest absolute Gasteiger partial charge is 0.271 e. The molecular formula is C16H18F2N2. The van der Waals surface area contributed by atoms with Crippen molar-refractivity contribution in [3.05, 3.63) is 70.3 Å². The molecule has 2 rings (SSSR count). The molecule has 0 amide bonds. The lowest BCUT2D eigenvalue weighted by atomic mass is 9.93. The molecule has 2 aromatic rings. The summed E-state index contributed by atoms with van der Waals surface area (Å²) in [7, 11) is 0. The van der Waals surface area contributed by atoms with Gasteiger partial charge in [0.25, 0.3) is 0 Å². The first-order chi connectivity index (χ1) is 9.52. The summed E-state index contributed by atoms with van der Waals surface area (Å²) < 4.78 is 26.7. The van der Waals surface area contributed by atoms with Crippen LogP contribution >= 0.6 is 0 Å². The van der Waals surface area contributed by atoms with Crippen molar-refractivity contribution in [1.82, 2.24) is 5.43 Å². The van der Waals surface area contributed by atoms with E-state index < -0.39 is 11.6 Å². The van der Waals surface area contributed by atoms with Crippen LogP contribution in [-0.4, -0.2) is 0 Å². The molecule has 2 aromatic carbocycles. The number of nitrogens with one attached hydrogen (secondary N) is 1. The highest BCUT2D eigenvalue weighted by Crippen LogP contribution is 2.24. The summed E-state index contributed by atoms with van der Waals surface area (Å²) >= 11 is 0. The Morgan fingerprint density at radius 2 is 1.90 bits per heavy atom. The van der Waals surface area contributed by atoms with Gasteiger partial charge in [-0.25, -0.2) is 8.78 Å². The zero-order valence-corrected chi connectivity index (χ0v) is 11.6. The molecule has 2 nitrogen and oxygen atoms in total. The predicted molar refractivity (Wildman–Crippen MR) is 76.0 cm³/mol. The smallest absolute Gasteiger partial charge is 0.129 e. The summed E-state index contributed by atoms with van der Waals surface area (Å²) in [6, 6.07) is 9.33. The maximum Gasteiger partial charge on any atom is 0.129 e. The van der Waals surface area contributed by atoms with Gasteiger partial charge in [0.1, 0.15) is 11.6 Å². The highest BCUT2D eigenvalue weighted by atomic mass is 19.1. The lowest BCUT2D eigenvalue weighted by Crippen LogP contribution is -2.30. The summed E-state index contributed by atoms with van der Waals surface area (Å²) in [6.07, 6.45) is 0.368. The average molecular weight is 276 g/mol. The molecule has 1 atom stereocenters. The Bertz CT molecular complexity index is 611. The van der Waals surface area contributed by atoms with Gasteiger partial charge in [-0.15, -0.1) is 0 Å². The molecule has 0 aliphatic heterocycles. The summed E-state index contributed by atoms with van der Waals surface area (Å²) in [4.78, 5) is 0. The Kier molecular flexibility index (Phi) is 4.47.